The molecule has 0 unspecified atom stereocenters. The van der Waals surface area contributed by atoms with Gasteiger partial charge in [0, 0.05) is 12.1 Å². The lowest BCUT2D eigenvalue weighted by Gasteiger charge is -2.03. The molecule has 0 saturated heterocycles. The fraction of sp³-hybridized carbons (Fsp3) is 0.100. The molecule has 0 fully saturated rings. The van der Waals surface area contributed by atoms with Crippen LogP contribution in [0.15, 0.2) is 18.2 Å². The second kappa shape index (κ2) is 5.28. The summed E-state index contributed by atoms with van der Waals surface area (Å²) in [5, 5.41) is 13.5. The average molecular weight is 287 g/mol. The van der Waals surface area contributed by atoms with Crippen LogP contribution in [0.2, 0.25) is 5.02 Å². The number of carbonyl (C=O) groups is 1. The zero-order valence-electron chi connectivity index (χ0n) is 9.20. The smallest absolute Gasteiger partial charge is 0.286 e. The van der Waals surface area contributed by atoms with E-state index in [9.17, 15) is 9.18 Å². The summed E-state index contributed by atoms with van der Waals surface area (Å²) in [7, 11) is 1.67. The van der Waals surface area contributed by atoms with E-state index < -0.39 is 11.7 Å². The van der Waals surface area contributed by atoms with E-state index in [0.29, 0.717) is 5.13 Å². The first-order valence-corrected chi connectivity index (χ1v) is 6.07. The molecule has 0 atom stereocenters. The number of carbonyl (C=O) groups excluding carboxylic acids is 1. The summed E-state index contributed by atoms with van der Waals surface area (Å²) in [6, 6.07) is 3.99. The summed E-state index contributed by atoms with van der Waals surface area (Å²) >= 11 is 6.69. The molecule has 1 heterocycles. The number of amides is 1. The average Bonchev–Trinajstić information content (AvgIpc) is 2.81. The predicted octanol–water partition coefficient (Wildman–Crippen LogP) is 2.62. The Balaban J connectivity index is 2.16. The van der Waals surface area contributed by atoms with Gasteiger partial charge in [0.25, 0.3) is 5.91 Å². The topological polar surface area (TPSA) is 66.9 Å². The van der Waals surface area contributed by atoms with E-state index in [2.05, 4.69) is 20.8 Å². The number of nitrogens with one attached hydrogen (secondary N) is 2. The number of rotatable bonds is 3. The molecule has 5 nitrogen and oxygen atoms in total. The number of anilines is 2. The maximum absolute atomic E-state index is 13.5. The van der Waals surface area contributed by atoms with Gasteiger partial charge in [-0.15, -0.1) is 10.2 Å². The Morgan fingerprint density at radius 3 is 2.83 bits per heavy atom. The Kier molecular flexibility index (Phi) is 3.73. The monoisotopic (exact) mass is 286 g/mol. The molecule has 94 valence electrons. The number of hydrogen-bond acceptors (Lipinski definition) is 5. The Hall–Kier alpha value is -1.73. The molecule has 0 aliphatic carbocycles. The minimum absolute atomic E-state index is 0.0469. The number of aromatic nitrogens is 2. The minimum Gasteiger partial charge on any atom is -0.363 e. The molecular weight excluding hydrogens is 279 g/mol. The second-order valence-electron chi connectivity index (χ2n) is 3.24. The highest BCUT2D eigenvalue weighted by molar-refractivity contribution is 7.17. The van der Waals surface area contributed by atoms with Crippen LogP contribution >= 0.6 is 22.9 Å². The highest BCUT2D eigenvalue weighted by atomic mass is 35.5. The number of nitrogens with zero attached hydrogens (tertiary/aromatic N) is 2. The van der Waals surface area contributed by atoms with Gasteiger partial charge >= 0.3 is 0 Å². The van der Waals surface area contributed by atoms with Crippen LogP contribution in [0, 0.1) is 5.82 Å². The molecule has 0 saturated carbocycles. The molecule has 1 aromatic carbocycles. The van der Waals surface area contributed by atoms with Crippen molar-refractivity contribution in [1.82, 2.24) is 10.2 Å². The van der Waals surface area contributed by atoms with Crippen LogP contribution in [0.4, 0.5) is 15.2 Å². The van der Waals surface area contributed by atoms with Crippen LogP contribution in [-0.4, -0.2) is 23.2 Å². The van der Waals surface area contributed by atoms with Gasteiger partial charge in [-0.3, -0.25) is 4.79 Å². The van der Waals surface area contributed by atoms with Crippen molar-refractivity contribution in [1.29, 1.82) is 0 Å². The highest BCUT2D eigenvalue weighted by Gasteiger charge is 2.14. The molecule has 0 aliphatic heterocycles. The van der Waals surface area contributed by atoms with Crippen molar-refractivity contribution in [3.63, 3.8) is 0 Å². The fourth-order valence-electron chi connectivity index (χ4n) is 1.18. The van der Waals surface area contributed by atoms with Crippen molar-refractivity contribution in [2.75, 3.05) is 17.7 Å². The largest absolute Gasteiger partial charge is 0.363 e. The minimum atomic E-state index is -0.603. The van der Waals surface area contributed by atoms with Gasteiger partial charge in [-0.25, -0.2) is 4.39 Å². The maximum Gasteiger partial charge on any atom is 0.286 e. The lowest BCUT2D eigenvalue weighted by atomic mass is 10.3. The van der Waals surface area contributed by atoms with E-state index in [1.165, 1.54) is 12.1 Å². The molecule has 0 aliphatic rings. The van der Waals surface area contributed by atoms with Gasteiger partial charge in [-0.2, -0.15) is 0 Å². The van der Waals surface area contributed by atoms with Crippen LogP contribution in [0.1, 0.15) is 9.80 Å². The number of benzene rings is 1. The van der Waals surface area contributed by atoms with E-state index in [0.717, 1.165) is 17.4 Å². The third-order valence-electron chi connectivity index (χ3n) is 2.01. The van der Waals surface area contributed by atoms with Gasteiger partial charge in [0.2, 0.25) is 10.1 Å². The van der Waals surface area contributed by atoms with E-state index in [4.69, 9.17) is 11.6 Å². The standard InChI is InChI=1S/C10H8ClFN4OS/c1-13-10-16-15-9(18-10)8(17)14-7-3-2-5(11)4-6(7)12/h2-4H,1H3,(H,13,16)(H,14,17). The third kappa shape index (κ3) is 2.74. The lowest BCUT2D eigenvalue weighted by Crippen LogP contribution is -2.12. The summed E-state index contributed by atoms with van der Waals surface area (Å²) in [5.74, 6) is -1.12. The zero-order valence-corrected chi connectivity index (χ0v) is 10.8. The summed E-state index contributed by atoms with van der Waals surface area (Å²) in [6.45, 7) is 0. The molecule has 2 aromatic rings. The number of hydrogen-bond donors (Lipinski definition) is 2. The summed E-state index contributed by atoms with van der Waals surface area (Å²) in [4.78, 5) is 11.7. The first-order valence-electron chi connectivity index (χ1n) is 4.88. The molecular formula is C10H8ClFN4OS. The Labute approximate surface area is 111 Å². The zero-order chi connectivity index (χ0) is 13.1. The Bertz CT molecular complexity index is 589. The molecule has 1 aromatic heterocycles. The van der Waals surface area contributed by atoms with Crippen molar-refractivity contribution in [2.24, 2.45) is 0 Å². The molecule has 2 rings (SSSR count). The van der Waals surface area contributed by atoms with Gasteiger partial charge in [0.05, 0.1) is 5.69 Å². The van der Waals surface area contributed by atoms with Crippen molar-refractivity contribution < 1.29 is 9.18 Å². The van der Waals surface area contributed by atoms with E-state index in [-0.39, 0.29) is 15.7 Å². The first-order chi connectivity index (χ1) is 8.60. The van der Waals surface area contributed by atoms with Crippen molar-refractivity contribution in [3.05, 3.63) is 34.0 Å². The van der Waals surface area contributed by atoms with Crippen LogP contribution in [0.25, 0.3) is 0 Å². The van der Waals surface area contributed by atoms with Crippen LogP contribution in [0.3, 0.4) is 0 Å². The summed E-state index contributed by atoms with van der Waals surface area (Å²) in [5.41, 5.74) is 0.0469. The van der Waals surface area contributed by atoms with Gasteiger partial charge in [-0.1, -0.05) is 22.9 Å². The SMILES string of the molecule is CNc1nnc(C(=O)Nc2ccc(Cl)cc2F)s1. The molecule has 2 N–H and O–H groups in total. The van der Waals surface area contributed by atoms with Crippen LogP contribution in [0.5, 0.6) is 0 Å². The third-order valence-corrected chi connectivity index (χ3v) is 3.19. The number of halogens is 2. The molecule has 18 heavy (non-hydrogen) atoms. The highest BCUT2D eigenvalue weighted by Crippen LogP contribution is 2.21. The van der Waals surface area contributed by atoms with E-state index in [1.807, 2.05) is 0 Å². The maximum atomic E-state index is 13.5. The lowest BCUT2D eigenvalue weighted by molar-refractivity contribution is 0.102. The fourth-order valence-corrected chi connectivity index (χ4v) is 1.93. The van der Waals surface area contributed by atoms with Crippen molar-refractivity contribution in [2.45, 2.75) is 0 Å². The quantitative estimate of drug-likeness (QED) is 0.910. The summed E-state index contributed by atoms with van der Waals surface area (Å²) < 4.78 is 13.5. The summed E-state index contributed by atoms with van der Waals surface area (Å²) in [6.07, 6.45) is 0. The molecule has 0 bridgehead atoms. The van der Waals surface area contributed by atoms with Crippen molar-refractivity contribution in [3.8, 4) is 0 Å². The van der Waals surface area contributed by atoms with Crippen LogP contribution < -0.4 is 10.6 Å². The molecule has 0 spiro atoms. The van der Waals surface area contributed by atoms with Gasteiger partial charge < -0.3 is 10.6 Å². The van der Waals surface area contributed by atoms with Gasteiger partial charge in [0.15, 0.2) is 0 Å². The van der Waals surface area contributed by atoms with E-state index >= 15 is 0 Å². The van der Waals surface area contributed by atoms with Gasteiger partial charge in [-0.05, 0) is 18.2 Å². The molecule has 0 radical (unpaired) electrons. The predicted molar refractivity (Wildman–Crippen MR) is 68.8 cm³/mol. The van der Waals surface area contributed by atoms with Crippen LogP contribution in [-0.2, 0) is 0 Å². The Morgan fingerprint density at radius 1 is 1.44 bits per heavy atom. The molecule has 8 heteroatoms. The Morgan fingerprint density at radius 2 is 2.22 bits per heavy atom. The second-order valence-corrected chi connectivity index (χ2v) is 4.65. The van der Waals surface area contributed by atoms with Crippen molar-refractivity contribution >= 4 is 39.7 Å². The van der Waals surface area contributed by atoms with E-state index in [1.54, 1.807) is 7.05 Å². The first kappa shape index (κ1) is 12.7. The molecule has 1 amide bonds. The normalized spacial score (nSPS) is 10.2. The van der Waals surface area contributed by atoms with Gasteiger partial charge in [0.1, 0.15) is 5.82 Å².